The summed E-state index contributed by atoms with van der Waals surface area (Å²) in [5.41, 5.74) is 11.1. The van der Waals surface area contributed by atoms with E-state index in [9.17, 15) is 9.90 Å². The van der Waals surface area contributed by atoms with Crippen molar-refractivity contribution in [1.29, 1.82) is 0 Å². The van der Waals surface area contributed by atoms with Gasteiger partial charge in [-0.2, -0.15) is 0 Å². The van der Waals surface area contributed by atoms with Crippen LogP contribution in [0.2, 0.25) is 0 Å². The molecule has 2 saturated carbocycles. The summed E-state index contributed by atoms with van der Waals surface area (Å²) in [6.45, 7) is 2.32. The summed E-state index contributed by atoms with van der Waals surface area (Å²) in [4.78, 5) is 11.6. The van der Waals surface area contributed by atoms with E-state index in [4.69, 9.17) is 5.73 Å². The predicted octanol–water partition coefficient (Wildman–Crippen LogP) is 4.73. The van der Waals surface area contributed by atoms with Gasteiger partial charge in [0.15, 0.2) is 0 Å². The molecule has 6 atom stereocenters. The topological polar surface area (TPSA) is 75.3 Å². The van der Waals surface area contributed by atoms with Crippen LogP contribution in [0.3, 0.4) is 0 Å². The summed E-state index contributed by atoms with van der Waals surface area (Å²) in [5, 5.41) is 11.4. The van der Waals surface area contributed by atoms with Gasteiger partial charge in [0, 0.05) is 11.3 Å². The Balaban J connectivity index is 1.39. The largest absolute Gasteiger partial charge is 0.392 e. The molecule has 0 heterocycles. The number of thiol groups is 1. The van der Waals surface area contributed by atoms with E-state index in [1.54, 1.807) is 6.07 Å². The molecular formula is C26H32N2O2S. The number of anilines is 1. The Morgan fingerprint density at radius 3 is 2.87 bits per heavy atom. The van der Waals surface area contributed by atoms with E-state index >= 15 is 0 Å². The molecule has 5 rings (SSSR count). The molecule has 0 bridgehead atoms. The molecule has 0 saturated heterocycles. The molecule has 5 heteroatoms. The highest BCUT2D eigenvalue weighted by Gasteiger charge is 2.57. The molecule has 2 aromatic rings. The van der Waals surface area contributed by atoms with Crippen LogP contribution in [-0.4, -0.2) is 17.1 Å². The quantitative estimate of drug-likeness (QED) is 0.524. The van der Waals surface area contributed by atoms with Crippen LogP contribution in [0.1, 0.15) is 65.6 Å². The zero-order valence-electron chi connectivity index (χ0n) is 18.1. The number of carbonyl (C=O) groups is 1. The second-order valence-electron chi connectivity index (χ2n) is 10.2. The maximum atomic E-state index is 11.6. The molecule has 3 aliphatic carbocycles. The Kier molecular flexibility index (Phi) is 5.30. The molecule has 6 unspecified atom stereocenters. The number of benzene rings is 2. The molecule has 0 spiro atoms. The summed E-state index contributed by atoms with van der Waals surface area (Å²) in [7, 11) is 0. The highest BCUT2D eigenvalue weighted by Crippen LogP contribution is 2.62. The lowest BCUT2D eigenvalue weighted by molar-refractivity contribution is -0.0325. The minimum atomic E-state index is -0.394. The molecule has 4 nitrogen and oxygen atoms in total. The fourth-order valence-corrected chi connectivity index (χ4v) is 7.29. The summed E-state index contributed by atoms with van der Waals surface area (Å²) >= 11 is 4.21. The molecule has 164 valence electrons. The van der Waals surface area contributed by atoms with Crippen molar-refractivity contribution in [3.63, 3.8) is 0 Å². The lowest BCUT2D eigenvalue weighted by atomic mass is 9.55. The van der Waals surface area contributed by atoms with Gasteiger partial charge < -0.3 is 15.6 Å². The fourth-order valence-electron chi connectivity index (χ4n) is 7.15. The Morgan fingerprint density at radius 2 is 2.10 bits per heavy atom. The van der Waals surface area contributed by atoms with Crippen molar-refractivity contribution in [2.75, 3.05) is 4.72 Å². The van der Waals surface area contributed by atoms with Gasteiger partial charge in [-0.05, 0) is 109 Å². The number of nitrogens with one attached hydrogen (secondary N) is 1. The molecular weight excluding hydrogens is 404 g/mol. The smallest absolute Gasteiger partial charge is 0.248 e. The van der Waals surface area contributed by atoms with Gasteiger partial charge in [0.05, 0.1) is 6.10 Å². The van der Waals surface area contributed by atoms with Crippen molar-refractivity contribution in [2.45, 2.75) is 57.5 Å². The number of aliphatic hydroxyl groups is 1. The predicted molar refractivity (Wildman–Crippen MR) is 127 cm³/mol. The lowest BCUT2D eigenvalue weighted by Gasteiger charge is -2.50. The number of hydrogen-bond acceptors (Lipinski definition) is 4. The first-order chi connectivity index (χ1) is 14.9. The van der Waals surface area contributed by atoms with Crippen LogP contribution in [0.5, 0.6) is 0 Å². The Morgan fingerprint density at radius 1 is 1.26 bits per heavy atom. The molecule has 0 aromatic heterocycles. The van der Waals surface area contributed by atoms with Crippen LogP contribution in [0.15, 0.2) is 42.5 Å². The van der Waals surface area contributed by atoms with Crippen LogP contribution < -0.4 is 10.5 Å². The van der Waals surface area contributed by atoms with Crippen LogP contribution in [-0.2, 0) is 12.8 Å². The van der Waals surface area contributed by atoms with Crippen molar-refractivity contribution in [3.8, 4) is 0 Å². The van der Waals surface area contributed by atoms with Crippen molar-refractivity contribution in [1.82, 2.24) is 0 Å². The minimum Gasteiger partial charge on any atom is -0.392 e. The van der Waals surface area contributed by atoms with Gasteiger partial charge in [0.25, 0.3) is 0 Å². The number of rotatable bonds is 4. The highest BCUT2D eigenvalue weighted by atomic mass is 32.1. The van der Waals surface area contributed by atoms with Gasteiger partial charge in [-0.1, -0.05) is 37.9 Å². The normalized spacial score (nSPS) is 33.8. The highest BCUT2D eigenvalue weighted by molar-refractivity contribution is 7.81. The second-order valence-corrected chi connectivity index (χ2v) is 10.4. The summed E-state index contributed by atoms with van der Waals surface area (Å²) in [6.07, 6.45) is 6.10. The number of fused-ring (bicyclic) bond motifs is 5. The number of carbonyl (C=O) groups excluding carboxylic acids is 1. The molecule has 4 N–H and O–H groups in total. The van der Waals surface area contributed by atoms with Gasteiger partial charge in [-0.3, -0.25) is 4.79 Å². The molecule has 1 amide bonds. The maximum absolute atomic E-state index is 11.6. The van der Waals surface area contributed by atoms with E-state index in [1.165, 1.54) is 17.5 Å². The van der Waals surface area contributed by atoms with Gasteiger partial charge in [-0.25, -0.2) is 0 Å². The van der Waals surface area contributed by atoms with Crippen molar-refractivity contribution in [3.05, 3.63) is 64.7 Å². The average molecular weight is 437 g/mol. The van der Waals surface area contributed by atoms with E-state index in [1.807, 2.05) is 12.1 Å². The molecule has 3 aliphatic rings. The third kappa shape index (κ3) is 3.46. The number of nitrogens with two attached hydrogens (primary N) is 1. The third-order valence-corrected chi connectivity index (χ3v) is 8.94. The van der Waals surface area contributed by atoms with E-state index in [0.29, 0.717) is 23.3 Å². The lowest BCUT2D eigenvalue weighted by Crippen LogP contribution is -2.44. The number of primary amides is 1. The van der Waals surface area contributed by atoms with E-state index < -0.39 is 5.91 Å². The van der Waals surface area contributed by atoms with Gasteiger partial charge in [0.1, 0.15) is 0 Å². The number of aryl methyl sites for hydroxylation is 1. The van der Waals surface area contributed by atoms with Crippen LogP contribution >= 0.6 is 12.8 Å². The first-order valence-electron chi connectivity index (χ1n) is 11.5. The summed E-state index contributed by atoms with van der Waals surface area (Å²) in [5.74, 6) is 1.61. The van der Waals surface area contributed by atoms with Gasteiger partial charge >= 0.3 is 0 Å². The van der Waals surface area contributed by atoms with Gasteiger partial charge in [-0.15, -0.1) is 0 Å². The van der Waals surface area contributed by atoms with Crippen LogP contribution in [0.25, 0.3) is 0 Å². The number of hydrogen-bond donors (Lipinski definition) is 4. The summed E-state index contributed by atoms with van der Waals surface area (Å²) in [6, 6.07) is 14.3. The Labute approximate surface area is 190 Å². The van der Waals surface area contributed by atoms with E-state index in [2.05, 4.69) is 48.7 Å². The second kappa shape index (κ2) is 7.86. The van der Waals surface area contributed by atoms with Gasteiger partial charge in [0.2, 0.25) is 5.91 Å². The zero-order valence-corrected chi connectivity index (χ0v) is 18.9. The summed E-state index contributed by atoms with van der Waals surface area (Å²) < 4.78 is 2.97. The van der Waals surface area contributed by atoms with Crippen molar-refractivity contribution >= 4 is 24.4 Å². The standard InChI is InChI=1S/C26H32N2O2S/c1-26-10-9-21-20-8-6-19(28-31)13-16(20)5-7-22(21)23(26)14-18(24(26)29)12-15-3-2-4-17(11-15)25(27)30/h2-4,6,8,11,13,18,21-24,28-29,31H,5,7,9-10,12,14H2,1H3,(H2,27,30). The SMILES string of the molecule is CC12CCC3c4ccc(NS)cc4CCC3C1CC(Cc1cccc(C(N)=O)c1)C2O. The molecule has 2 fully saturated rings. The molecule has 0 radical (unpaired) electrons. The van der Waals surface area contributed by atoms with E-state index in [-0.39, 0.29) is 17.4 Å². The minimum absolute atomic E-state index is 0.0166. The molecule has 31 heavy (non-hydrogen) atoms. The van der Waals surface area contributed by atoms with E-state index in [0.717, 1.165) is 43.4 Å². The first kappa shape index (κ1) is 20.9. The third-order valence-electron chi connectivity index (χ3n) is 8.68. The number of aliphatic hydroxyl groups excluding tert-OH is 1. The Hall–Kier alpha value is -1.98. The number of amides is 1. The monoisotopic (exact) mass is 436 g/mol. The van der Waals surface area contributed by atoms with Crippen LogP contribution in [0, 0.1) is 23.2 Å². The first-order valence-corrected chi connectivity index (χ1v) is 11.9. The fraction of sp³-hybridized carbons (Fsp3) is 0.500. The van der Waals surface area contributed by atoms with Crippen LogP contribution in [0.4, 0.5) is 5.69 Å². The zero-order chi connectivity index (χ0) is 21.8. The molecule has 2 aromatic carbocycles. The molecule has 0 aliphatic heterocycles. The van der Waals surface area contributed by atoms with Crippen molar-refractivity contribution < 1.29 is 9.90 Å². The Bertz CT molecular complexity index is 1010. The van der Waals surface area contributed by atoms with Crippen molar-refractivity contribution in [2.24, 2.45) is 28.9 Å². The average Bonchev–Trinajstić information content (AvgIpc) is 3.03. The maximum Gasteiger partial charge on any atom is 0.248 e.